The molecule has 2 aromatic rings. The minimum absolute atomic E-state index is 0.133. The summed E-state index contributed by atoms with van der Waals surface area (Å²) in [5.41, 5.74) is 8.27. The van der Waals surface area contributed by atoms with E-state index < -0.39 is 0 Å². The molecule has 17 heavy (non-hydrogen) atoms. The van der Waals surface area contributed by atoms with Gasteiger partial charge in [0.1, 0.15) is 11.3 Å². The van der Waals surface area contributed by atoms with Crippen LogP contribution in [0.5, 0.6) is 5.75 Å². The molecular weight excluding hydrogens is 212 g/mol. The van der Waals surface area contributed by atoms with Crippen LogP contribution in [0.4, 0.5) is 0 Å². The van der Waals surface area contributed by atoms with Gasteiger partial charge in [-0.15, -0.1) is 0 Å². The molecule has 0 bridgehead atoms. The largest absolute Gasteiger partial charge is 0.492 e. The number of pyridine rings is 1. The minimum atomic E-state index is -0.133. The summed E-state index contributed by atoms with van der Waals surface area (Å²) in [5, 5.41) is 1.12. The average molecular weight is 228 g/mol. The molecule has 1 aromatic carbocycles. The Kier molecular flexibility index (Phi) is 2.30. The Morgan fingerprint density at radius 2 is 2.18 bits per heavy atom. The second kappa shape index (κ2) is 3.70. The van der Waals surface area contributed by atoms with E-state index in [0.717, 1.165) is 29.5 Å². The topological polar surface area (TPSA) is 48.1 Å². The number of hydrogen-bond acceptors (Lipinski definition) is 3. The van der Waals surface area contributed by atoms with Crippen molar-refractivity contribution in [1.29, 1.82) is 0 Å². The average Bonchev–Trinajstić information content (AvgIpc) is 3.09. The van der Waals surface area contributed by atoms with Gasteiger partial charge in [0.05, 0.1) is 6.61 Å². The zero-order valence-corrected chi connectivity index (χ0v) is 9.94. The quantitative estimate of drug-likeness (QED) is 0.878. The number of fused-ring (bicyclic) bond motifs is 1. The zero-order chi connectivity index (χ0) is 11.9. The van der Waals surface area contributed by atoms with E-state index in [1.807, 2.05) is 19.1 Å². The summed E-state index contributed by atoms with van der Waals surface area (Å²) >= 11 is 0. The predicted molar refractivity (Wildman–Crippen MR) is 68.0 cm³/mol. The van der Waals surface area contributed by atoms with Gasteiger partial charge in [0.25, 0.3) is 0 Å². The van der Waals surface area contributed by atoms with Gasteiger partial charge in [0, 0.05) is 17.1 Å². The fourth-order valence-corrected chi connectivity index (χ4v) is 2.26. The summed E-state index contributed by atoms with van der Waals surface area (Å²) in [7, 11) is 0. The van der Waals surface area contributed by atoms with Crippen molar-refractivity contribution in [3.8, 4) is 5.75 Å². The fourth-order valence-electron chi connectivity index (χ4n) is 2.26. The molecule has 2 N–H and O–H groups in total. The lowest BCUT2D eigenvalue weighted by molar-refractivity contribution is 0.343. The summed E-state index contributed by atoms with van der Waals surface area (Å²) < 4.78 is 5.60. The molecule has 1 aromatic heterocycles. The van der Waals surface area contributed by atoms with Crippen LogP contribution in [0.15, 0.2) is 30.5 Å². The highest BCUT2D eigenvalue weighted by Crippen LogP contribution is 2.46. The van der Waals surface area contributed by atoms with Gasteiger partial charge in [-0.3, -0.25) is 4.98 Å². The van der Waals surface area contributed by atoms with Crippen molar-refractivity contribution in [2.75, 3.05) is 6.61 Å². The fraction of sp³-hybridized carbons (Fsp3) is 0.357. The van der Waals surface area contributed by atoms with E-state index in [1.165, 1.54) is 5.56 Å². The highest BCUT2D eigenvalue weighted by molar-refractivity contribution is 5.88. The first-order valence-corrected chi connectivity index (χ1v) is 6.04. The maximum atomic E-state index is 6.29. The lowest BCUT2D eigenvalue weighted by Crippen LogP contribution is -2.19. The molecule has 1 heterocycles. The molecule has 0 spiro atoms. The highest BCUT2D eigenvalue weighted by atomic mass is 16.5. The maximum Gasteiger partial charge on any atom is 0.145 e. The van der Waals surface area contributed by atoms with E-state index in [-0.39, 0.29) is 5.54 Å². The van der Waals surface area contributed by atoms with Crippen LogP contribution in [0.3, 0.4) is 0 Å². The van der Waals surface area contributed by atoms with E-state index in [1.54, 1.807) is 6.20 Å². The Labute approximate surface area is 101 Å². The standard InChI is InChI=1S/C14H16N2O/c1-2-17-12-6-5-11(14(15)7-8-14)10-4-3-9-16-13(10)12/h3-6,9H,2,7-8,15H2,1H3. The summed E-state index contributed by atoms with van der Waals surface area (Å²) in [6.07, 6.45) is 3.92. The second-order valence-corrected chi connectivity index (χ2v) is 4.60. The molecular formula is C14H16N2O. The van der Waals surface area contributed by atoms with Crippen LogP contribution in [0.2, 0.25) is 0 Å². The van der Waals surface area contributed by atoms with Gasteiger partial charge in [0.15, 0.2) is 0 Å². The van der Waals surface area contributed by atoms with Gasteiger partial charge >= 0.3 is 0 Å². The number of benzene rings is 1. The van der Waals surface area contributed by atoms with Crippen LogP contribution in [-0.4, -0.2) is 11.6 Å². The lowest BCUT2D eigenvalue weighted by atomic mass is 9.99. The SMILES string of the molecule is CCOc1ccc(C2(N)CC2)c2cccnc12. The number of ether oxygens (including phenoxy) is 1. The summed E-state index contributed by atoms with van der Waals surface area (Å²) in [5.74, 6) is 0.844. The smallest absolute Gasteiger partial charge is 0.145 e. The Hall–Kier alpha value is -1.61. The van der Waals surface area contributed by atoms with Crippen LogP contribution in [0.1, 0.15) is 25.3 Å². The molecule has 1 fully saturated rings. The molecule has 0 radical (unpaired) electrons. The third kappa shape index (κ3) is 1.67. The number of aromatic nitrogens is 1. The van der Waals surface area contributed by atoms with Gasteiger partial charge in [-0.1, -0.05) is 12.1 Å². The molecule has 0 aliphatic heterocycles. The zero-order valence-electron chi connectivity index (χ0n) is 9.94. The molecule has 1 saturated carbocycles. The molecule has 1 aliphatic carbocycles. The monoisotopic (exact) mass is 228 g/mol. The summed E-state index contributed by atoms with van der Waals surface area (Å²) in [6.45, 7) is 2.63. The third-order valence-corrected chi connectivity index (χ3v) is 3.36. The Morgan fingerprint density at radius 3 is 2.88 bits per heavy atom. The van der Waals surface area contributed by atoms with Crippen molar-refractivity contribution in [1.82, 2.24) is 4.98 Å². The Balaban J connectivity index is 2.23. The van der Waals surface area contributed by atoms with Crippen molar-refractivity contribution in [3.05, 3.63) is 36.0 Å². The Morgan fingerprint density at radius 1 is 1.35 bits per heavy atom. The van der Waals surface area contributed by atoms with Gasteiger partial charge in [-0.05, 0) is 37.5 Å². The van der Waals surface area contributed by atoms with Crippen LogP contribution in [-0.2, 0) is 5.54 Å². The van der Waals surface area contributed by atoms with Crippen molar-refractivity contribution >= 4 is 10.9 Å². The molecule has 0 amide bonds. The van der Waals surface area contributed by atoms with Crippen LogP contribution < -0.4 is 10.5 Å². The van der Waals surface area contributed by atoms with Gasteiger partial charge in [-0.25, -0.2) is 0 Å². The first-order valence-electron chi connectivity index (χ1n) is 6.04. The number of hydrogen-bond donors (Lipinski definition) is 1. The third-order valence-electron chi connectivity index (χ3n) is 3.36. The van der Waals surface area contributed by atoms with Crippen LogP contribution >= 0.6 is 0 Å². The maximum absolute atomic E-state index is 6.29. The predicted octanol–water partition coefficient (Wildman–Crippen LogP) is 2.58. The second-order valence-electron chi connectivity index (χ2n) is 4.60. The van der Waals surface area contributed by atoms with Crippen molar-refractivity contribution < 1.29 is 4.74 Å². The number of nitrogens with zero attached hydrogens (tertiary/aromatic N) is 1. The molecule has 0 atom stereocenters. The van der Waals surface area contributed by atoms with Crippen LogP contribution in [0, 0.1) is 0 Å². The highest BCUT2D eigenvalue weighted by Gasteiger charge is 2.41. The van der Waals surface area contributed by atoms with Crippen molar-refractivity contribution in [3.63, 3.8) is 0 Å². The molecule has 3 heteroatoms. The minimum Gasteiger partial charge on any atom is -0.492 e. The van der Waals surface area contributed by atoms with E-state index in [4.69, 9.17) is 10.5 Å². The van der Waals surface area contributed by atoms with E-state index in [0.29, 0.717) is 6.61 Å². The Bertz CT molecular complexity index is 561. The van der Waals surface area contributed by atoms with Gasteiger partial charge in [0.2, 0.25) is 0 Å². The first-order chi connectivity index (χ1) is 8.24. The van der Waals surface area contributed by atoms with Crippen LogP contribution in [0.25, 0.3) is 10.9 Å². The van der Waals surface area contributed by atoms with E-state index in [2.05, 4.69) is 17.1 Å². The molecule has 0 unspecified atom stereocenters. The summed E-state index contributed by atoms with van der Waals surface area (Å²) in [6, 6.07) is 8.10. The van der Waals surface area contributed by atoms with Crippen molar-refractivity contribution in [2.24, 2.45) is 5.73 Å². The molecule has 1 aliphatic rings. The summed E-state index contributed by atoms with van der Waals surface area (Å²) in [4.78, 5) is 4.42. The molecule has 3 nitrogen and oxygen atoms in total. The number of rotatable bonds is 3. The lowest BCUT2D eigenvalue weighted by Gasteiger charge is -2.14. The van der Waals surface area contributed by atoms with E-state index >= 15 is 0 Å². The van der Waals surface area contributed by atoms with Gasteiger partial charge in [-0.2, -0.15) is 0 Å². The van der Waals surface area contributed by atoms with E-state index in [9.17, 15) is 0 Å². The molecule has 3 rings (SSSR count). The molecule has 88 valence electrons. The number of nitrogens with two attached hydrogens (primary N) is 1. The normalized spacial score (nSPS) is 17.1. The van der Waals surface area contributed by atoms with Gasteiger partial charge < -0.3 is 10.5 Å². The first kappa shape index (κ1) is 10.5. The van der Waals surface area contributed by atoms with Crippen molar-refractivity contribution in [2.45, 2.75) is 25.3 Å². The molecule has 0 saturated heterocycles.